The van der Waals surface area contributed by atoms with Gasteiger partial charge in [0, 0.05) is 18.4 Å². The molecule has 0 saturated heterocycles. The number of ketones is 1. The molecule has 1 amide bonds. The molecule has 1 aromatic heterocycles. The van der Waals surface area contributed by atoms with Gasteiger partial charge in [-0.05, 0) is 33.2 Å². The average molecular weight is 316 g/mol. The maximum absolute atomic E-state index is 13.4. The van der Waals surface area contributed by atoms with Crippen LogP contribution in [0.4, 0.5) is 9.18 Å². The number of hydrogen-bond donors (Lipinski definition) is 1. The monoisotopic (exact) mass is 316 g/mol. The number of alkyl carbamates (subject to hydrolysis) is 1. The van der Waals surface area contributed by atoms with Crippen molar-refractivity contribution in [2.75, 3.05) is 13.7 Å². The number of nitrogens with one attached hydrogen (secondary N) is 1. The highest BCUT2D eigenvalue weighted by Gasteiger charge is 2.17. The average Bonchev–Trinajstić information content (AvgIpc) is 2.50. The molecule has 1 rings (SSSR count). The van der Waals surface area contributed by atoms with Crippen molar-refractivity contribution in [2.24, 2.45) is 0 Å². The van der Waals surface area contributed by atoms with Crippen molar-refractivity contribution in [3.63, 3.8) is 0 Å². The highest BCUT2D eigenvalue weighted by molar-refractivity contribution is 5.98. The Morgan fingerprint density at radius 3 is 2.73 bits per heavy atom. The number of nitrogens with zero attached hydrogens (tertiary/aromatic N) is 1. The highest BCUT2D eigenvalue weighted by Crippen LogP contribution is 2.18. The van der Waals surface area contributed by atoms with E-state index in [2.05, 4.69) is 10.3 Å². The number of methoxy groups -OCH3 is 1. The van der Waals surface area contributed by atoms with Gasteiger partial charge in [0.05, 0.1) is 18.9 Å². The second-order valence-corrected chi connectivity index (χ2v) is 5.20. The third-order valence-electron chi connectivity index (χ3n) is 2.18. The first kappa shape index (κ1) is 12.4. The number of rotatable bonds is 6. The molecule has 1 aromatic rings. The van der Waals surface area contributed by atoms with Crippen molar-refractivity contribution in [1.29, 1.82) is 0 Å². The SMILES string of the molecule is [2H]C([2H])(CNC(=O)OC(C)(C)C)C([2H])([2H])C(=O)c1cc(F)cnc1OC. The van der Waals surface area contributed by atoms with Crippen molar-refractivity contribution in [3.05, 3.63) is 23.6 Å². The second-order valence-electron chi connectivity index (χ2n) is 5.20. The Kier molecular flexibility index (Phi) is 4.34. The molecule has 0 aromatic carbocycles. The molecule has 0 aliphatic rings. The number of hydrogen-bond acceptors (Lipinski definition) is 5. The van der Waals surface area contributed by atoms with Gasteiger partial charge in [0.2, 0.25) is 5.88 Å². The number of ether oxygens (including phenoxy) is 2. The second kappa shape index (κ2) is 7.72. The molecule has 22 heavy (non-hydrogen) atoms. The Morgan fingerprint density at radius 2 is 2.14 bits per heavy atom. The number of Topliss-reactive ketones (excluding diaryl/α,β-unsaturated/α-hetero) is 1. The van der Waals surface area contributed by atoms with Crippen LogP contribution in [0.1, 0.15) is 49.4 Å². The zero-order chi connectivity index (χ0) is 20.3. The van der Waals surface area contributed by atoms with E-state index in [0.717, 1.165) is 13.3 Å². The summed E-state index contributed by atoms with van der Waals surface area (Å²) >= 11 is 0. The predicted molar refractivity (Wildman–Crippen MR) is 78.5 cm³/mol. The first-order valence-electron chi connectivity index (χ1n) is 8.42. The van der Waals surface area contributed by atoms with Gasteiger partial charge in [-0.2, -0.15) is 0 Å². The van der Waals surface area contributed by atoms with Crippen molar-refractivity contribution >= 4 is 11.9 Å². The van der Waals surface area contributed by atoms with Gasteiger partial charge in [0.1, 0.15) is 11.4 Å². The third-order valence-corrected chi connectivity index (χ3v) is 2.18. The van der Waals surface area contributed by atoms with Crippen LogP contribution in [0.3, 0.4) is 0 Å². The molecule has 0 radical (unpaired) electrons. The maximum Gasteiger partial charge on any atom is 0.407 e. The number of aromatic nitrogens is 1. The lowest BCUT2D eigenvalue weighted by Crippen LogP contribution is -2.33. The Balaban J connectivity index is 3.01. The Morgan fingerprint density at radius 1 is 1.45 bits per heavy atom. The molecule has 0 atom stereocenters. The van der Waals surface area contributed by atoms with Gasteiger partial charge in [-0.1, -0.05) is 0 Å². The van der Waals surface area contributed by atoms with Crippen molar-refractivity contribution < 1.29 is 28.9 Å². The minimum absolute atomic E-state index is 0.337. The van der Waals surface area contributed by atoms with Crippen LogP contribution in [0.15, 0.2) is 12.3 Å². The molecule has 122 valence electrons. The fourth-order valence-electron chi connectivity index (χ4n) is 1.37. The van der Waals surface area contributed by atoms with E-state index >= 15 is 0 Å². The molecular weight excluding hydrogens is 291 g/mol. The van der Waals surface area contributed by atoms with Crippen LogP contribution in [-0.4, -0.2) is 36.1 Å². The number of carbonyl (C=O) groups excluding carboxylic acids is 2. The van der Waals surface area contributed by atoms with E-state index < -0.39 is 48.1 Å². The van der Waals surface area contributed by atoms with Gasteiger partial charge in [-0.3, -0.25) is 4.79 Å². The lowest BCUT2D eigenvalue weighted by atomic mass is 10.1. The Hall–Kier alpha value is -2.18. The normalized spacial score (nSPS) is 15.0. The van der Waals surface area contributed by atoms with Crippen LogP contribution in [0.25, 0.3) is 0 Å². The van der Waals surface area contributed by atoms with Crippen molar-refractivity contribution in [3.8, 4) is 5.88 Å². The summed E-state index contributed by atoms with van der Waals surface area (Å²) in [5, 5.41) is 2.08. The van der Waals surface area contributed by atoms with Gasteiger partial charge in [-0.25, -0.2) is 14.2 Å². The number of amides is 1. The molecule has 1 N–H and O–H groups in total. The summed E-state index contributed by atoms with van der Waals surface area (Å²) in [6.07, 6.45) is -6.11. The molecular formula is C15H21FN2O4. The fourth-order valence-corrected chi connectivity index (χ4v) is 1.37. The van der Waals surface area contributed by atoms with Gasteiger partial charge in [0.25, 0.3) is 0 Å². The molecule has 0 aliphatic heterocycles. The smallest absolute Gasteiger partial charge is 0.407 e. The molecule has 0 unspecified atom stereocenters. The van der Waals surface area contributed by atoms with E-state index in [-0.39, 0.29) is 5.88 Å². The summed E-state index contributed by atoms with van der Waals surface area (Å²) in [6.45, 7) is 3.97. The quantitative estimate of drug-likeness (QED) is 0.817. The van der Waals surface area contributed by atoms with E-state index in [0.29, 0.717) is 6.07 Å². The van der Waals surface area contributed by atoms with Crippen LogP contribution >= 0.6 is 0 Å². The Labute approximate surface area is 134 Å². The molecule has 0 fully saturated rings. The maximum atomic E-state index is 13.4. The minimum Gasteiger partial charge on any atom is -0.480 e. The first-order valence-corrected chi connectivity index (χ1v) is 6.42. The van der Waals surface area contributed by atoms with Crippen molar-refractivity contribution in [2.45, 2.75) is 39.1 Å². The number of carbonyl (C=O) groups is 2. The fraction of sp³-hybridized carbons (Fsp3) is 0.533. The lowest BCUT2D eigenvalue weighted by Gasteiger charge is -2.19. The minimum atomic E-state index is -3.11. The van der Waals surface area contributed by atoms with Gasteiger partial charge in [-0.15, -0.1) is 0 Å². The molecule has 0 bridgehead atoms. The third kappa shape index (κ3) is 6.07. The van der Waals surface area contributed by atoms with Crippen LogP contribution in [-0.2, 0) is 4.74 Å². The van der Waals surface area contributed by atoms with Crippen LogP contribution < -0.4 is 10.1 Å². The highest BCUT2D eigenvalue weighted by atomic mass is 19.1. The van der Waals surface area contributed by atoms with Crippen molar-refractivity contribution in [1.82, 2.24) is 10.3 Å². The van der Waals surface area contributed by atoms with Crippen LogP contribution in [0.5, 0.6) is 5.88 Å². The van der Waals surface area contributed by atoms with E-state index in [9.17, 15) is 14.0 Å². The van der Waals surface area contributed by atoms with Gasteiger partial charge >= 0.3 is 6.09 Å². The summed E-state index contributed by atoms with van der Waals surface area (Å²) in [5.74, 6) is -2.61. The largest absolute Gasteiger partial charge is 0.480 e. The van der Waals surface area contributed by atoms with E-state index in [4.69, 9.17) is 15.0 Å². The summed E-state index contributed by atoms with van der Waals surface area (Å²) in [4.78, 5) is 27.6. The van der Waals surface area contributed by atoms with Crippen LogP contribution in [0.2, 0.25) is 0 Å². The van der Waals surface area contributed by atoms with E-state index in [1.54, 1.807) is 20.8 Å². The van der Waals surface area contributed by atoms with E-state index in [1.807, 2.05) is 0 Å². The number of halogens is 1. The lowest BCUT2D eigenvalue weighted by molar-refractivity contribution is 0.0525. The van der Waals surface area contributed by atoms with E-state index in [1.165, 1.54) is 0 Å². The van der Waals surface area contributed by atoms with Gasteiger partial charge in [0.15, 0.2) is 5.78 Å². The molecule has 0 saturated carbocycles. The zero-order valence-corrected chi connectivity index (χ0v) is 12.8. The summed E-state index contributed by atoms with van der Waals surface area (Å²) < 4.78 is 54.6. The number of pyridine rings is 1. The van der Waals surface area contributed by atoms with Crippen LogP contribution in [0, 0.1) is 5.82 Å². The summed E-state index contributed by atoms with van der Waals surface area (Å²) in [5.41, 5.74) is -1.37. The first-order chi connectivity index (χ1) is 11.7. The zero-order valence-electron chi connectivity index (χ0n) is 16.8. The molecule has 7 heteroatoms. The summed E-state index contributed by atoms with van der Waals surface area (Å²) in [6, 6.07) is 0.712. The summed E-state index contributed by atoms with van der Waals surface area (Å²) in [7, 11) is 1.16. The van der Waals surface area contributed by atoms with Gasteiger partial charge < -0.3 is 14.8 Å². The standard InChI is InChI=1S/C15H21FN2O4/c1-15(2,3)22-14(20)17-7-5-6-12(19)11-8-10(16)9-18-13(11)21-4/h8-9H,5-7H2,1-4H3,(H,17,20)/i5D2,6D2. The molecule has 0 spiro atoms. The molecule has 0 aliphatic carbocycles. The predicted octanol–water partition coefficient (Wildman–Crippen LogP) is 2.72. The topological polar surface area (TPSA) is 77.5 Å². The molecule has 1 heterocycles. The molecule has 6 nitrogen and oxygen atoms in total. The Bertz CT molecular complexity index is 693.